The van der Waals surface area contributed by atoms with Gasteiger partial charge < -0.3 is 10.8 Å². The number of phenols is 1. The number of phenolic OH excluding ortho intramolecular Hbond substituents is 1. The van der Waals surface area contributed by atoms with Gasteiger partial charge in [-0.15, -0.1) is 0 Å². The maximum absolute atomic E-state index is 10.8. The lowest BCUT2D eigenvalue weighted by atomic mass is 10.1. The van der Waals surface area contributed by atoms with Crippen LogP contribution < -0.4 is 5.73 Å². The van der Waals surface area contributed by atoms with Crippen LogP contribution in [0.5, 0.6) is 5.75 Å². The van der Waals surface area contributed by atoms with E-state index in [-0.39, 0.29) is 10.6 Å². The smallest absolute Gasteiger partial charge is 0.294 e. The van der Waals surface area contributed by atoms with Crippen molar-refractivity contribution in [2.75, 3.05) is 5.73 Å². The summed E-state index contributed by atoms with van der Waals surface area (Å²) < 4.78 is 30.5. The molecule has 4 rings (SSSR count). The summed E-state index contributed by atoms with van der Waals surface area (Å²) in [6.45, 7) is 0. The van der Waals surface area contributed by atoms with Crippen molar-refractivity contribution in [1.29, 1.82) is 0 Å². The molecule has 0 bridgehead atoms. The normalized spacial score (nSPS) is 11.1. The number of nitrogens with two attached hydrogens (primary N) is 1. The van der Waals surface area contributed by atoms with Crippen LogP contribution in [0.2, 0.25) is 0 Å². The Morgan fingerprint density at radius 3 is 2.00 bits per heavy atom. The van der Waals surface area contributed by atoms with E-state index in [0.29, 0.717) is 5.69 Å². The molecule has 0 heterocycles. The molecule has 0 aliphatic rings. The molecule has 6 heteroatoms. The molecule has 4 N–H and O–H groups in total. The lowest BCUT2D eigenvalue weighted by molar-refractivity contribution is 0.481. The second kappa shape index (κ2) is 7.03. The molecule has 0 spiro atoms. The highest BCUT2D eigenvalue weighted by Gasteiger charge is 2.08. The fourth-order valence-electron chi connectivity index (χ4n) is 2.68. The van der Waals surface area contributed by atoms with Crippen molar-refractivity contribution in [3.63, 3.8) is 0 Å². The minimum Gasteiger partial charge on any atom is -0.507 e. The third-order valence-corrected chi connectivity index (χ3v) is 4.78. The van der Waals surface area contributed by atoms with Crippen LogP contribution in [0.3, 0.4) is 0 Å². The van der Waals surface area contributed by atoms with E-state index in [1.807, 2.05) is 36.4 Å². The summed E-state index contributed by atoms with van der Waals surface area (Å²) >= 11 is 0. The summed E-state index contributed by atoms with van der Waals surface area (Å²) in [6.07, 6.45) is 0. The van der Waals surface area contributed by atoms with Crippen LogP contribution in [0.25, 0.3) is 21.5 Å². The minimum atomic E-state index is -4.09. The van der Waals surface area contributed by atoms with E-state index in [1.54, 1.807) is 30.3 Å². The average molecular weight is 367 g/mol. The molecule has 0 saturated carbocycles. The summed E-state index contributed by atoms with van der Waals surface area (Å²) in [7, 11) is -4.09. The highest BCUT2D eigenvalue weighted by atomic mass is 32.2. The average Bonchev–Trinajstić information content (AvgIpc) is 2.61. The van der Waals surface area contributed by atoms with Crippen molar-refractivity contribution in [2.24, 2.45) is 0 Å². The van der Waals surface area contributed by atoms with E-state index in [0.717, 1.165) is 21.5 Å². The number of hydrogen-bond acceptors (Lipinski definition) is 4. The zero-order chi connectivity index (χ0) is 18.7. The standard InChI is InChI=1S/C10H9NO.C10H8O3S/c11-8-5-1-3-7-4-2-6-9(12)10(7)8;11-14(12,13)10-6-5-8-3-1-2-4-9(8)7-10/h1-6,12H,11H2;1-7H,(H,11,12,13). The van der Waals surface area contributed by atoms with Gasteiger partial charge in [0.05, 0.1) is 4.90 Å². The predicted octanol–water partition coefficient (Wildman–Crippen LogP) is 4.21. The Labute approximate surface area is 151 Å². The lowest BCUT2D eigenvalue weighted by Gasteiger charge is -2.02. The fraction of sp³-hybridized carbons (Fsp3) is 0. The van der Waals surface area contributed by atoms with Crippen LogP contribution in [-0.4, -0.2) is 18.1 Å². The topological polar surface area (TPSA) is 101 Å². The van der Waals surface area contributed by atoms with Crippen molar-refractivity contribution in [1.82, 2.24) is 0 Å². The summed E-state index contributed by atoms with van der Waals surface area (Å²) in [6, 6.07) is 22.8. The first-order valence-corrected chi connectivity index (χ1v) is 9.23. The van der Waals surface area contributed by atoms with Crippen molar-refractivity contribution in [3.8, 4) is 5.75 Å². The molecule has 0 aromatic heterocycles. The fourth-order valence-corrected chi connectivity index (χ4v) is 3.19. The molecule has 0 fully saturated rings. The maximum atomic E-state index is 10.8. The number of hydrogen-bond donors (Lipinski definition) is 3. The van der Waals surface area contributed by atoms with Crippen LogP contribution in [0.15, 0.2) is 83.8 Å². The molecule has 0 radical (unpaired) electrons. The lowest BCUT2D eigenvalue weighted by Crippen LogP contribution is -1.97. The second-order valence-corrected chi connectivity index (χ2v) is 7.13. The molecule has 0 atom stereocenters. The SMILES string of the molecule is Nc1cccc2cccc(O)c12.O=S(=O)(O)c1ccc2ccccc2c1. The van der Waals surface area contributed by atoms with Gasteiger partial charge in [0.1, 0.15) is 5.75 Å². The Hall–Kier alpha value is -3.09. The molecule has 0 aliphatic heterocycles. The number of aromatic hydroxyl groups is 1. The van der Waals surface area contributed by atoms with Gasteiger partial charge in [-0.2, -0.15) is 8.42 Å². The van der Waals surface area contributed by atoms with Crippen LogP contribution in [-0.2, 0) is 10.1 Å². The summed E-state index contributed by atoms with van der Waals surface area (Å²) in [5.41, 5.74) is 6.31. The third-order valence-electron chi connectivity index (χ3n) is 3.93. The highest BCUT2D eigenvalue weighted by Crippen LogP contribution is 2.28. The van der Waals surface area contributed by atoms with Gasteiger partial charge in [-0.3, -0.25) is 4.55 Å². The summed E-state index contributed by atoms with van der Waals surface area (Å²) in [5, 5.41) is 12.9. The van der Waals surface area contributed by atoms with Crippen LogP contribution in [0, 0.1) is 0 Å². The summed E-state index contributed by atoms with van der Waals surface area (Å²) in [5.74, 6) is 0.241. The van der Waals surface area contributed by atoms with Crippen molar-refractivity contribution >= 4 is 37.4 Å². The molecule has 0 unspecified atom stereocenters. The van der Waals surface area contributed by atoms with Gasteiger partial charge in [-0.1, -0.05) is 54.6 Å². The molecule has 4 aromatic rings. The van der Waals surface area contributed by atoms with Crippen LogP contribution in [0.4, 0.5) is 5.69 Å². The molecule has 0 saturated heterocycles. The monoisotopic (exact) mass is 367 g/mol. The first kappa shape index (κ1) is 17.7. The second-order valence-electron chi connectivity index (χ2n) is 5.71. The zero-order valence-electron chi connectivity index (χ0n) is 13.7. The van der Waals surface area contributed by atoms with Gasteiger partial charge in [-0.05, 0) is 40.4 Å². The van der Waals surface area contributed by atoms with Gasteiger partial charge in [-0.25, -0.2) is 0 Å². The highest BCUT2D eigenvalue weighted by molar-refractivity contribution is 7.85. The number of anilines is 1. The van der Waals surface area contributed by atoms with Gasteiger partial charge in [0.25, 0.3) is 10.1 Å². The largest absolute Gasteiger partial charge is 0.507 e. The Balaban J connectivity index is 0.000000152. The molecule has 4 aromatic carbocycles. The van der Waals surface area contributed by atoms with Crippen molar-refractivity contribution in [3.05, 3.63) is 78.9 Å². The Kier molecular flexibility index (Phi) is 4.79. The van der Waals surface area contributed by atoms with E-state index in [1.165, 1.54) is 12.1 Å². The van der Waals surface area contributed by atoms with E-state index in [2.05, 4.69) is 0 Å². The molecule has 26 heavy (non-hydrogen) atoms. The van der Waals surface area contributed by atoms with Gasteiger partial charge in [0.15, 0.2) is 0 Å². The van der Waals surface area contributed by atoms with E-state index >= 15 is 0 Å². The van der Waals surface area contributed by atoms with Crippen LogP contribution >= 0.6 is 0 Å². The number of rotatable bonds is 1. The van der Waals surface area contributed by atoms with Crippen molar-refractivity contribution in [2.45, 2.75) is 4.90 Å². The molecule has 5 nitrogen and oxygen atoms in total. The quantitative estimate of drug-likeness (QED) is 0.345. The van der Waals surface area contributed by atoms with Gasteiger partial charge in [0, 0.05) is 11.1 Å². The first-order valence-electron chi connectivity index (χ1n) is 7.79. The molecular weight excluding hydrogens is 350 g/mol. The Morgan fingerprint density at radius 2 is 1.35 bits per heavy atom. The Morgan fingerprint density at radius 1 is 0.731 bits per heavy atom. The zero-order valence-corrected chi connectivity index (χ0v) is 14.5. The first-order chi connectivity index (χ1) is 12.4. The maximum Gasteiger partial charge on any atom is 0.294 e. The number of benzene rings is 4. The predicted molar refractivity (Wildman–Crippen MR) is 104 cm³/mol. The van der Waals surface area contributed by atoms with E-state index in [9.17, 15) is 13.5 Å². The third kappa shape index (κ3) is 3.77. The van der Waals surface area contributed by atoms with Crippen molar-refractivity contribution < 1.29 is 18.1 Å². The Bertz CT molecular complexity index is 1150. The van der Waals surface area contributed by atoms with Gasteiger partial charge in [0.2, 0.25) is 0 Å². The molecule has 132 valence electrons. The van der Waals surface area contributed by atoms with Crippen LogP contribution in [0.1, 0.15) is 0 Å². The molecule has 0 amide bonds. The summed E-state index contributed by atoms with van der Waals surface area (Å²) in [4.78, 5) is -0.0730. The number of fused-ring (bicyclic) bond motifs is 2. The minimum absolute atomic E-state index is 0.0730. The molecule has 0 aliphatic carbocycles. The van der Waals surface area contributed by atoms with Gasteiger partial charge >= 0.3 is 0 Å². The number of nitrogen functional groups attached to an aromatic ring is 1. The van der Waals surface area contributed by atoms with E-state index in [4.69, 9.17) is 10.3 Å². The molecular formula is C20H17NO4S. The van der Waals surface area contributed by atoms with E-state index < -0.39 is 10.1 Å².